The van der Waals surface area contributed by atoms with Gasteiger partial charge in [0.05, 0.1) is 6.04 Å². The number of nitrogens with zero attached hydrogens (tertiary/aromatic N) is 1. The first kappa shape index (κ1) is 13.1. The van der Waals surface area contributed by atoms with Gasteiger partial charge in [-0.2, -0.15) is 0 Å². The quantitative estimate of drug-likeness (QED) is 0.884. The highest BCUT2D eigenvalue weighted by atomic mass is 16.2. The van der Waals surface area contributed by atoms with Crippen molar-refractivity contribution < 1.29 is 4.79 Å². The first-order chi connectivity index (χ1) is 8.61. The number of benzene rings is 1. The fourth-order valence-corrected chi connectivity index (χ4v) is 2.44. The van der Waals surface area contributed by atoms with Crippen molar-refractivity contribution in [1.82, 2.24) is 5.32 Å². The molecule has 18 heavy (non-hydrogen) atoms. The summed E-state index contributed by atoms with van der Waals surface area (Å²) in [5, 5.41) is 3.33. The van der Waals surface area contributed by atoms with Crippen LogP contribution in [0.4, 0.5) is 5.69 Å². The lowest BCUT2D eigenvalue weighted by molar-refractivity contribution is -0.118. The highest BCUT2D eigenvalue weighted by Gasteiger charge is 2.32. The standard InChI is InChI=1S/C15H22N2O/c1-4-12-6-5-7-13(10-12)17-9-8-14(15(17)18)16-11(2)3/h5-7,10-11,14,16H,4,8-9H2,1-3H3. The Hall–Kier alpha value is -1.35. The number of hydrogen-bond acceptors (Lipinski definition) is 2. The van der Waals surface area contributed by atoms with Crippen molar-refractivity contribution in [3.05, 3.63) is 29.8 Å². The number of aryl methyl sites for hydroxylation is 1. The highest BCUT2D eigenvalue weighted by molar-refractivity contribution is 5.99. The molecule has 1 fully saturated rings. The van der Waals surface area contributed by atoms with Gasteiger partial charge in [-0.1, -0.05) is 32.9 Å². The van der Waals surface area contributed by atoms with E-state index >= 15 is 0 Å². The van der Waals surface area contributed by atoms with Crippen LogP contribution in [0, 0.1) is 0 Å². The Bertz CT molecular complexity index is 428. The van der Waals surface area contributed by atoms with E-state index in [-0.39, 0.29) is 11.9 Å². The van der Waals surface area contributed by atoms with Gasteiger partial charge in [0.1, 0.15) is 0 Å². The Balaban J connectivity index is 2.12. The zero-order valence-electron chi connectivity index (χ0n) is 11.4. The summed E-state index contributed by atoms with van der Waals surface area (Å²) in [7, 11) is 0. The van der Waals surface area contributed by atoms with Crippen molar-refractivity contribution in [2.24, 2.45) is 0 Å². The Labute approximate surface area is 109 Å². The lowest BCUT2D eigenvalue weighted by atomic mass is 10.1. The second-order valence-corrected chi connectivity index (χ2v) is 5.18. The largest absolute Gasteiger partial charge is 0.311 e. The lowest BCUT2D eigenvalue weighted by Gasteiger charge is -2.19. The van der Waals surface area contributed by atoms with Crippen molar-refractivity contribution in [1.29, 1.82) is 0 Å². The summed E-state index contributed by atoms with van der Waals surface area (Å²) in [6, 6.07) is 8.61. The fraction of sp³-hybridized carbons (Fsp3) is 0.533. The van der Waals surface area contributed by atoms with Gasteiger partial charge >= 0.3 is 0 Å². The topological polar surface area (TPSA) is 32.3 Å². The predicted molar refractivity (Wildman–Crippen MR) is 74.8 cm³/mol. The molecular formula is C15H22N2O. The molecule has 1 atom stereocenters. The molecule has 0 radical (unpaired) electrons. The molecule has 1 N–H and O–H groups in total. The minimum atomic E-state index is -0.0183. The van der Waals surface area contributed by atoms with Gasteiger partial charge in [0.2, 0.25) is 5.91 Å². The van der Waals surface area contributed by atoms with Gasteiger partial charge in [0.25, 0.3) is 0 Å². The molecule has 0 saturated carbocycles. The van der Waals surface area contributed by atoms with Gasteiger partial charge < -0.3 is 10.2 Å². The van der Waals surface area contributed by atoms with E-state index in [0.29, 0.717) is 6.04 Å². The molecule has 3 nitrogen and oxygen atoms in total. The molecule has 1 saturated heterocycles. The average molecular weight is 246 g/mol. The maximum Gasteiger partial charge on any atom is 0.244 e. The van der Waals surface area contributed by atoms with Crippen molar-refractivity contribution in [3.63, 3.8) is 0 Å². The van der Waals surface area contributed by atoms with Crippen LogP contribution < -0.4 is 10.2 Å². The van der Waals surface area contributed by atoms with Crippen LogP contribution in [0.3, 0.4) is 0 Å². The molecule has 3 heteroatoms. The fourth-order valence-electron chi connectivity index (χ4n) is 2.44. The molecular weight excluding hydrogens is 224 g/mol. The van der Waals surface area contributed by atoms with Gasteiger partial charge in [0.15, 0.2) is 0 Å². The van der Waals surface area contributed by atoms with E-state index in [4.69, 9.17) is 0 Å². The van der Waals surface area contributed by atoms with Crippen LogP contribution in [0.1, 0.15) is 32.8 Å². The van der Waals surface area contributed by atoms with Crippen molar-refractivity contribution >= 4 is 11.6 Å². The zero-order valence-corrected chi connectivity index (χ0v) is 11.4. The summed E-state index contributed by atoms with van der Waals surface area (Å²) in [6.45, 7) is 7.10. The molecule has 1 unspecified atom stereocenters. The van der Waals surface area contributed by atoms with Gasteiger partial charge in [-0.05, 0) is 30.5 Å². The number of nitrogens with one attached hydrogen (secondary N) is 1. The Morgan fingerprint density at radius 2 is 2.22 bits per heavy atom. The van der Waals surface area contributed by atoms with Crippen LogP contribution in [-0.2, 0) is 11.2 Å². The van der Waals surface area contributed by atoms with E-state index in [1.54, 1.807) is 0 Å². The van der Waals surface area contributed by atoms with E-state index in [9.17, 15) is 4.79 Å². The van der Waals surface area contributed by atoms with Crippen LogP contribution in [0.25, 0.3) is 0 Å². The summed E-state index contributed by atoms with van der Waals surface area (Å²) >= 11 is 0. The summed E-state index contributed by atoms with van der Waals surface area (Å²) in [6.07, 6.45) is 1.90. The van der Waals surface area contributed by atoms with E-state index in [2.05, 4.69) is 38.2 Å². The first-order valence-corrected chi connectivity index (χ1v) is 6.78. The highest BCUT2D eigenvalue weighted by Crippen LogP contribution is 2.23. The van der Waals surface area contributed by atoms with Gasteiger partial charge in [0, 0.05) is 18.3 Å². The summed E-state index contributed by atoms with van der Waals surface area (Å²) < 4.78 is 0. The second kappa shape index (κ2) is 5.53. The van der Waals surface area contributed by atoms with Crippen LogP contribution in [-0.4, -0.2) is 24.5 Å². The summed E-state index contributed by atoms with van der Waals surface area (Å²) in [5.74, 6) is 0.206. The van der Waals surface area contributed by atoms with Crippen molar-refractivity contribution in [2.75, 3.05) is 11.4 Å². The monoisotopic (exact) mass is 246 g/mol. The lowest BCUT2D eigenvalue weighted by Crippen LogP contribution is -2.41. The molecule has 2 rings (SSSR count). The number of anilines is 1. The Morgan fingerprint density at radius 3 is 2.89 bits per heavy atom. The maximum atomic E-state index is 12.3. The van der Waals surface area contributed by atoms with Gasteiger partial charge in [-0.25, -0.2) is 0 Å². The third-order valence-electron chi connectivity index (χ3n) is 3.37. The third kappa shape index (κ3) is 2.72. The Morgan fingerprint density at radius 1 is 1.44 bits per heavy atom. The predicted octanol–water partition coefficient (Wildman–Crippen LogP) is 2.35. The van der Waals surface area contributed by atoms with Crippen LogP contribution >= 0.6 is 0 Å². The molecule has 98 valence electrons. The smallest absolute Gasteiger partial charge is 0.244 e. The van der Waals surface area contributed by atoms with Crippen LogP contribution in [0.5, 0.6) is 0 Å². The number of carbonyl (C=O) groups excluding carboxylic acids is 1. The minimum Gasteiger partial charge on any atom is -0.311 e. The SMILES string of the molecule is CCc1cccc(N2CCC(NC(C)C)C2=O)c1. The minimum absolute atomic E-state index is 0.0183. The Kier molecular flexibility index (Phi) is 4.02. The number of carbonyl (C=O) groups is 1. The van der Waals surface area contributed by atoms with Crippen LogP contribution in [0.2, 0.25) is 0 Å². The molecule has 0 spiro atoms. The molecule has 1 aromatic carbocycles. The molecule has 0 aromatic heterocycles. The average Bonchev–Trinajstić information content (AvgIpc) is 2.70. The normalized spacial score (nSPS) is 19.9. The zero-order chi connectivity index (χ0) is 13.1. The molecule has 1 aliphatic heterocycles. The second-order valence-electron chi connectivity index (χ2n) is 5.18. The molecule has 0 bridgehead atoms. The molecule has 1 aromatic rings. The third-order valence-corrected chi connectivity index (χ3v) is 3.37. The molecule has 1 amide bonds. The van der Waals surface area contributed by atoms with E-state index in [1.165, 1.54) is 5.56 Å². The van der Waals surface area contributed by atoms with E-state index in [0.717, 1.165) is 25.1 Å². The molecule has 0 aliphatic carbocycles. The molecule has 1 heterocycles. The summed E-state index contributed by atoms with van der Waals surface area (Å²) in [4.78, 5) is 14.2. The van der Waals surface area contributed by atoms with E-state index in [1.807, 2.05) is 17.0 Å². The van der Waals surface area contributed by atoms with Gasteiger partial charge in [-0.3, -0.25) is 4.79 Å². The number of rotatable bonds is 4. The van der Waals surface area contributed by atoms with Gasteiger partial charge in [-0.15, -0.1) is 0 Å². The maximum absolute atomic E-state index is 12.3. The number of amides is 1. The van der Waals surface area contributed by atoms with Crippen molar-refractivity contribution in [3.8, 4) is 0 Å². The molecule has 1 aliphatic rings. The number of hydrogen-bond donors (Lipinski definition) is 1. The van der Waals surface area contributed by atoms with Crippen LogP contribution in [0.15, 0.2) is 24.3 Å². The first-order valence-electron chi connectivity index (χ1n) is 6.78. The van der Waals surface area contributed by atoms with E-state index < -0.39 is 0 Å². The van der Waals surface area contributed by atoms with Crippen molar-refractivity contribution in [2.45, 2.75) is 45.7 Å². The summed E-state index contributed by atoms with van der Waals surface area (Å²) in [5.41, 5.74) is 2.31.